The molecule has 0 radical (unpaired) electrons. The molecule has 1 amide bonds. The Morgan fingerprint density at radius 1 is 0.894 bits per heavy atom. The number of hydrogen-bond donors (Lipinski definition) is 1. The van der Waals surface area contributed by atoms with Crippen molar-refractivity contribution in [3.05, 3.63) is 107 Å². The fourth-order valence-electron chi connectivity index (χ4n) is 7.52. The maximum Gasteiger partial charge on any atom is 0.335 e. The number of aryl methyl sites for hydroxylation is 1. The van der Waals surface area contributed by atoms with E-state index in [0.29, 0.717) is 29.5 Å². The van der Waals surface area contributed by atoms with Crippen LogP contribution in [0.5, 0.6) is 5.75 Å². The van der Waals surface area contributed by atoms with Crippen molar-refractivity contribution in [3.8, 4) is 28.1 Å². The standard InChI is InChI=1S/C40H39ClN2O4/c1-2-42-36-24-29(40(45)46)14-20-35(36)38(27-7-4-3-5-8-27)39(42)28-12-18-33(19-13-28)47-25-30-23-32(43-22-6-9-37(43)44)17-21-34(30)26-10-15-31(41)16-11-26/h10-21,23-24,27H,2-9,22,25H2,1H3,(H,45,46). The minimum Gasteiger partial charge on any atom is -0.489 e. The second kappa shape index (κ2) is 13.3. The number of carbonyl (C=O) groups excluding carboxylic acids is 1. The number of ether oxygens (including phenoxy) is 1. The fourth-order valence-corrected chi connectivity index (χ4v) is 7.65. The van der Waals surface area contributed by atoms with Gasteiger partial charge in [0.25, 0.3) is 0 Å². The topological polar surface area (TPSA) is 71.8 Å². The van der Waals surface area contributed by atoms with Gasteiger partial charge in [-0.05, 0) is 121 Å². The lowest BCUT2D eigenvalue weighted by molar-refractivity contribution is -0.117. The summed E-state index contributed by atoms with van der Waals surface area (Å²) in [6.45, 7) is 3.94. The van der Waals surface area contributed by atoms with Gasteiger partial charge in [-0.1, -0.05) is 55.1 Å². The highest BCUT2D eigenvalue weighted by atomic mass is 35.5. The third kappa shape index (κ3) is 6.15. The Balaban J connectivity index is 1.22. The summed E-state index contributed by atoms with van der Waals surface area (Å²) in [7, 11) is 0. The molecule has 0 spiro atoms. The molecule has 1 aliphatic heterocycles. The van der Waals surface area contributed by atoms with Gasteiger partial charge in [0.2, 0.25) is 5.91 Å². The Kier molecular flexibility index (Phi) is 8.78. The number of aromatic carboxylic acids is 1. The molecule has 6 nitrogen and oxygen atoms in total. The van der Waals surface area contributed by atoms with Crippen molar-refractivity contribution in [2.45, 2.75) is 70.9 Å². The van der Waals surface area contributed by atoms with Crippen LogP contribution in [0.3, 0.4) is 0 Å². The zero-order chi connectivity index (χ0) is 32.5. The number of carbonyl (C=O) groups is 2. The molecule has 0 unspecified atom stereocenters. The molecule has 2 heterocycles. The summed E-state index contributed by atoms with van der Waals surface area (Å²) in [5, 5.41) is 11.6. The summed E-state index contributed by atoms with van der Waals surface area (Å²) in [6, 6.07) is 27.8. The predicted molar refractivity (Wildman–Crippen MR) is 189 cm³/mol. The number of amides is 1. The molecule has 1 saturated heterocycles. The van der Waals surface area contributed by atoms with E-state index in [-0.39, 0.29) is 5.91 Å². The quantitative estimate of drug-likeness (QED) is 0.173. The van der Waals surface area contributed by atoms with Crippen LogP contribution in [0.25, 0.3) is 33.3 Å². The van der Waals surface area contributed by atoms with Gasteiger partial charge in [0.15, 0.2) is 0 Å². The number of anilines is 1. The van der Waals surface area contributed by atoms with Crippen molar-refractivity contribution < 1.29 is 19.4 Å². The lowest BCUT2D eigenvalue weighted by atomic mass is 9.82. The molecular weight excluding hydrogens is 608 g/mol. The third-order valence-electron chi connectivity index (χ3n) is 9.83. The van der Waals surface area contributed by atoms with E-state index in [1.165, 1.54) is 30.5 Å². The van der Waals surface area contributed by atoms with E-state index in [1.54, 1.807) is 6.07 Å². The smallest absolute Gasteiger partial charge is 0.335 e. The number of halogens is 1. The molecular formula is C40H39ClN2O4. The van der Waals surface area contributed by atoms with E-state index >= 15 is 0 Å². The van der Waals surface area contributed by atoms with Gasteiger partial charge in [0.1, 0.15) is 12.4 Å². The second-order valence-corrected chi connectivity index (χ2v) is 13.1. The monoisotopic (exact) mass is 646 g/mol. The molecule has 47 heavy (non-hydrogen) atoms. The molecule has 7 heteroatoms. The molecule has 240 valence electrons. The van der Waals surface area contributed by atoms with Crippen molar-refractivity contribution >= 4 is 40.1 Å². The van der Waals surface area contributed by atoms with E-state index in [1.807, 2.05) is 59.5 Å². The molecule has 1 aromatic heterocycles. The molecule has 2 fully saturated rings. The van der Waals surface area contributed by atoms with Crippen molar-refractivity contribution in [1.82, 2.24) is 4.57 Å². The van der Waals surface area contributed by atoms with Crippen LogP contribution in [0.4, 0.5) is 5.69 Å². The summed E-state index contributed by atoms with van der Waals surface area (Å²) >= 11 is 6.19. The van der Waals surface area contributed by atoms with Gasteiger partial charge < -0.3 is 19.3 Å². The first-order chi connectivity index (χ1) is 22.9. The average molecular weight is 647 g/mol. The van der Waals surface area contributed by atoms with Gasteiger partial charge in [-0.15, -0.1) is 0 Å². The molecule has 1 saturated carbocycles. The van der Waals surface area contributed by atoms with Crippen molar-refractivity contribution in [3.63, 3.8) is 0 Å². The molecule has 1 N–H and O–H groups in total. The molecule has 2 aliphatic rings. The van der Waals surface area contributed by atoms with E-state index in [0.717, 1.165) is 76.9 Å². The third-order valence-corrected chi connectivity index (χ3v) is 10.1. The predicted octanol–water partition coefficient (Wildman–Crippen LogP) is 10.1. The van der Waals surface area contributed by atoms with E-state index in [2.05, 4.69) is 35.8 Å². The van der Waals surface area contributed by atoms with Crippen LogP contribution in [0.15, 0.2) is 84.9 Å². The van der Waals surface area contributed by atoms with Crippen LogP contribution in [-0.2, 0) is 17.9 Å². The van der Waals surface area contributed by atoms with Crippen LogP contribution in [0.1, 0.15) is 79.3 Å². The highest BCUT2D eigenvalue weighted by Crippen LogP contribution is 2.44. The Bertz CT molecular complexity index is 1940. The molecule has 5 aromatic rings. The minimum atomic E-state index is -0.908. The summed E-state index contributed by atoms with van der Waals surface area (Å²) in [5.74, 6) is 0.449. The number of carboxylic acids is 1. The highest BCUT2D eigenvalue weighted by Gasteiger charge is 2.27. The van der Waals surface area contributed by atoms with Crippen LogP contribution >= 0.6 is 11.6 Å². The first kappa shape index (κ1) is 31.1. The number of aromatic nitrogens is 1. The number of nitrogens with zero attached hydrogens (tertiary/aromatic N) is 2. The molecule has 4 aromatic carbocycles. The van der Waals surface area contributed by atoms with Crippen LogP contribution in [0.2, 0.25) is 5.02 Å². The lowest BCUT2D eigenvalue weighted by Gasteiger charge is -2.23. The Hall–Kier alpha value is -4.55. The summed E-state index contributed by atoms with van der Waals surface area (Å²) in [5.41, 5.74) is 8.88. The first-order valence-corrected chi connectivity index (χ1v) is 17.1. The zero-order valence-electron chi connectivity index (χ0n) is 26.7. The maximum atomic E-state index is 12.5. The number of fused-ring (bicyclic) bond motifs is 1. The Morgan fingerprint density at radius 3 is 2.32 bits per heavy atom. The van der Waals surface area contributed by atoms with Crippen molar-refractivity contribution in [2.75, 3.05) is 11.4 Å². The van der Waals surface area contributed by atoms with Gasteiger partial charge in [0.05, 0.1) is 11.3 Å². The van der Waals surface area contributed by atoms with Gasteiger partial charge in [-0.3, -0.25) is 4.79 Å². The van der Waals surface area contributed by atoms with Crippen LogP contribution in [-0.4, -0.2) is 28.1 Å². The number of rotatable bonds is 9. The minimum absolute atomic E-state index is 0.156. The lowest BCUT2D eigenvalue weighted by Crippen LogP contribution is -2.23. The fraction of sp³-hybridized carbons (Fsp3) is 0.300. The largest absolute Gasteiger partial charge is 0.489 e. The zero-order valence-corrected chi connectivity index (χ0v) is 27.4. The molecule has 1 aliphatic carbocycles. The number of carboxylic acid groups (broad SMARTS) is 1. The van der Waals surface area contributed by atoms with Gasteiger partial charge in [-0.25, -0.2) is 4.79 Å². The summed E-state index contributed by atoms with van der Waals surface area (Å²) < 4.78 is 8.70. The van der Waals surface area contributed by atoms with Crippen molar-refractivity contribution in [1.29, 1.82) is 0 Å². The number of hydrogen-bond acceptors (Lipinski definition) is 3. The highest BCUT2D eigenvalue weighted by molar-refractivity contribution is 6.30. The number of benzene rings is 4. The van der Waals surface area contributed by atoms with E-state index in [4.69, 9.17) is 16.3 Å². The Morgan fingerprint density at radius 2 is 1.64 bits per heavy atom. The summed E-state index contributed by atoms with van der Waals surface area (Å²) in [6.07, 6.45) is 7.45. The SMILES string of the molecule is CCn1c(-c2ccc(OCc3cc(N4CCCC4=O)ccc3-c3ccc(Cl)cc3)cc2)c(C2CCCCC2)c2ccc(C(=O)O)cc21. The Labute approximate surface area is 280 Å². The normalized spacial score (nSPS) is 15.4. The van der Waals surface area contributed by atoms with Gasteiger partial charge >= 0.3 is 5.97 Å². The maximum absolute atomic E-state index is 12.5. The van der Waals surface area contributed by atoms with Crippen molar-refractivity contribution in [2.24, 2.45) is 0 Å². The molecule has 0 atom stereocenters. The van der Waals surface area contributed by atoms with E-state index < -0.39 is 5.97 Å². The van der Waals surface area contributed by atoms with Gasteiger partial charge in [0, 0.05) is 41.1 Å². The van der Waals surface area contributed by atoms with Crippen LogP contribution in [0, 0.1) is 0 Å². The molecule has 7 rings (SSSR count). The van der Waals surface area contributed by atoms with E-state index in [9.17, 15) is 14.7 Å². The summed E-state index contributed by atoms with van der Waals surface area (Å²) in [4.78, 5) is 26.3. The van der Waals surface area contributed by atoms with Crippen LogP contribution < -0.4 is 9.64 Å². The second-order valence-electron chi connectivity index (χ2n) is 12.7. The average Bonchev–Trinajstić information content (AvgIpc) is 3.68. The molecule has 0 bridgehead atoms. The van der Waals surface area contributed by atoms with Gasteiger partial charge in [-0.2, -0.15) is 0 Å². The first-order valence-electron chi connectivity index (χ1n) is 16.7.